The highest BCUT2D eigenvalue weighted by atomic mass is 16.6. The Morgan fingerprint density at radius 3 is 2.82 bits per heavy atom. The van der Waals surface area contributed by atoms with E-state index in [4.69, 9.17) is 0 Å². The van der Waals surface area contributed by atoms with Crippen LogP contribution in [0, 0.1) is 0 Å². The largest absolute Gasteiger partial charge is 0.445 e. The molecular formula is C7H9NO3. The summed E-state index contributed by atoms with van der Waals surface area (Å²) in [6.45, 7) is 3.97. The highest BCUT2D eigenvalue weighted by Gasteiger charge is 2.28. The maximum atomic E-state index is 10.8. The maximum absolute atomic E-state index is 10.8. The lowest BCUT2D eigenvalue weighted by Crippen LogP contribution is -2.50. The lowest BCUT2D eigenvalue weighted by molar-refractivity contribution is -0.127. The Morgan fingerprint density at radius 2 is 2.36 bits per heavy atom. The molecule has 1 aliphatic rings. The van der Waals surface area contributed by atoms with Gasteiger partial charge in [-0.25, -0.2) is 4.79 Å². The Bertz CT molecular complexity index is 192. The molecule has 0 aromatic rings. The zero-order valence-electron chi connectivity index (χ0n) is 6.08. The zero-order chi connectivity index (χ0) is 8.27. The number of likely N-dealkylation sites (tertiary alicyclic amines) is 1. The first-order chi connectivity index (χ1) is 5.24. The summed E-state index contributed by atoms with van der Waals surface area (Å²) in [5.41, 5.74) is 0. The fraction of sp³-hybridized carbons (Fsp3) is 0.429. The molecule has 0 aliphatic carbocycles. The topological polar surface area (TPSA) is 46.6 Å². The molecule has 0 N–H and O–H groups in total. The van der Waals surface area contributed by atoms with Crippen LogP contribution in [0.2, 0.25) is 0 Å². The van der Waals surface area contributed by atoms with Crippen LogP contribution in [0.4, 0.5) is 4.79 Å². The first-order valence-electron chi connectivity index (χ1n) is 3.28. The van der Waals surface area contributed by atoms with Gasteiger partial charge in [0.15, 0.2) is 5.78 Å². The molecule has 0 radical (unpaired) electrons. The van der Waals surface area contributed by atoms with E-state index in [1.807, 2.05) is 0 Å². The van der Waals surface area contributed by atoms with Crippen LogP contribution >= 0.6 is 0 Å². The molecule has 1 fully saturated rings. The van der Waals surface area contributed by atoms with Gasteiger partial charge >= 0.3 is 6.09 Å². The molecule has 0 bridgehead atoms. The first kappa shape index (κ1) is 7.78. The van der Waals surface area contributed by atoms with Gasteiger partial charge in [0.25, 0.3) is 0 Å². The number of ether oxygens (including phenoxy) is 1. The Balaban J connectivity index is 2.21. The van der Waals surface area contributed by atoms with Crippen molar-refractivity contribution in [2.75, 3.05) is 19.7 Å². The predicted molar refractivity (Wildman–Crippen MR) is 38.1 cm³/mol. The summed E-state index contributed by atoms with van der Waals surface area (Å²) in [5, 5.41) is 0. The Hall–Kier alpha value is -1.32. The molecule has 0 unspecified atom stereocenters. The van der Waals surface area contributed by atoms with Crippen LogP contribution in [0.15, 0.2) is 12.7 Å². The van der Waals surface area contributed by atoms with Crippen molar-refractivity contribution in [1.29, 1.82) is 0 Å². The summed E-state index contributed by atoms with van der Waals surface area (Å²) in [6.07, 6.45) is 1.05. The quantitative estimate of drug-likeness (QED) is 0.535. The summed E-state index contributed by atoms with van der Waals surface area (Å²) in [5.74, 6) is 0.0700. The number of nitrogens with zero attached hydrogens (tertiary/aromatic N) is 1. The van der Waals surface area contributed by atoms with Crippen molar-refractivity contribution in [3.8, 4) is 0 Å². The lowest BCUT2D eigenvalue weighted by atomic mass is 10.2. The number of rotatable bonds is 2. The number of carbonyl (C=O) groups excluding carboxylic acids is 2. The van der Waals surface area contributed by atoms with E-state index in [-0.39, 0.29) is 25.5 Å². The minimum absolute atomic E-state index is 0.0700. The van der Waals surface area contributed by atoms with E-state index in [1.165, 1.54) is 11.0 Å². The average Bonchev–Trinajstić information content (AvgIpc) is 1.94. The monoisotopic (exact) mass is 155 g/mol. The van der Waals surface area contributed by atoms with Crippen LogP contribution in [0.25, 0.3) is 0 Å². The molecule has 0 atom stereocenters. The highest BCUT2D eigenvalue weighted by molar-refractivity contribution is 5.94. The molecule has 1 aliphatic heterocycles. The third-order valence-electron chi connectivity index (χ3n) is 1.32. The van der Waals surface area contributed by atoms with Crippen LogP contribution < -0.4 is 0 Å². The van der Waals surface area contributed by atoms with E-state index in [0.29, 0.717) is 0 Å². The summed E-state index contributed by atoms with van der Waals surface area (Å²) < 4.78 is 4.66. The van der Waals surface area contributed by atoms with Crippen molar-refractivity contribution >= 4 is 11.9 Å². The number of ketones is 1. The summed E-state index contributed by atoms with van der Waals surface area (Å²) >= 11 is 0. The van der Waals surface area contributed by atoms with Crippen molar-refractivity contribution in [3.05, 3.63) is 12.7 Å². The van der Waals surface area contributed by atoms with Crippen molar-refractivity contribution in [2.45, 2.75) is 0 Å². The molecule has 4 heteroatoms. The Morgan fingerprint density at radius 1 is 1.73 bits per heavy atom. The van der Waals surface area contributed by atoms with E-state index >= 15 is 0 Å². The zero-order valence-corrected chi connectivity index (χ0v) is 6.08. The van der Waals surface area contributed by atoms with Crippen molar-refractivity contribution in [1.82, 2.24) is 4.90 Å². The number of amides is 1. The van der Waals surface area contributed by atoms with E-state index in [2.05, 4.69) is 11.3 Å². The molecule has 0 aromatic heterocycles. The molecular weight excluding hydrogens is 146 g/mol. The van der Waals surface area contributed by atoms with Crippen molar-refractivity contribution in [2.24, 2.45) is 0 Å². The van der Waals surface area contributed by atoms with Gasteiger partial charge in [-0.05, 0) is 0 Å². The fourth-order valence-electron chi connectivity index (χ4n) is 0.730. The molecule has 1 amide bonds. The molecule has 1 saturated heterocycles. The minimum atomic E-state index is -0.440. The van der Waals surface area contributed by atoms with Gasteiger partial charge in [0, 0.05) is 0 Å². The highest BCUT2D eigenvalue weighted by Crippen LogP contribution is 2.03. The van der Waals surface area contributed by atoms with Crippen LogP contribution in [0.3, 0.4) is 0 Å². The van der Waals surface area contributed by atoms with E-state index in [1.54, 1.807) is 0 Å². The van der Waals surface area contributed by atoms with Crippen LogP contribution in [-0.4, -0.2) is 36.5 Å². The Kier molecular flexibility index (Phi) is 2.25. The molecule has 0 aromatic carbocycles. The van der Waals surface area contributed by atoms with E-state index in [9.17, 15) is 9.59 Å². The van der Waals surface area contributed by atoms with Crippen LogP contribution in [0.1, 0.15) is 0 Å². The summed E-state index contributed by atoms with van der Waals surface area (Å²) in [4.78, 5) is 22.6. The third kappa shape index (κ3) is 1.80. The van der Waals surface area contributed by atoms with Gasteiger partial charge in [-0.1, -0.05) is 12.7 Å². The van der Waals surface area contributed by atoms with Gasteiger partial charge in [0.2, 0.25) is 0 Å². The molecule has 1 heterocycles. The van der Waals surface area contributed by atoms with Gasteiger partial charge in [-0.2, -0.15) is 0 Å². The SMILES string of the molecule is C=CCOC(=O)N1CC(=O)C1. The number of hydrogen-bond donors (Lipinski definition) is 0. The van der Waals surface area contributed by atoms with Crippen LogP contribution in [0.5, 0.6) is 0 Å². The summed E-state index contributed by atoms with van der Waals surface area (Å²) in [7, 11) is 0. The Labute approximate surface area is 64.4 Å². The molecule has 0 spiro atoms. The second-order valence-corrected chi connectivity index (χ2v) is 2.26. The fourth-order valence-corrected chi connectivity index (χ4v) is 0.730. The van der Waals surface area contributed by atoms with Crippen molar-refractivity contribution in [3.63, 3.8) is 0 Å². The molecule has 60 valence electrons. The second-order valence-electron chi connectivity index (χ2n) is 2.26. The number of hydrogen-bond acceptors (Lipinski definition) is 3. The van der Waals surface area contributed by atoms with Gasteiger partial charge in [-0.3, -0.25) is 9.69 Å². The van der Waals surface area contributed by atoms with Gasteiger partial charge in [0.1, 0.15) is 6.61 Å². The average molecular weight is 155 g/mol. The molecule has 11 heavy (non-hydrogen) atoms. The van der Waals surface area contributed by atoms with E-state index < -0.39 is 6.09 Å². The molecule has 0 saturated carbocycles. The van der Waals surface area contributed by atoms with E-state index in [0.717, 1.165) is 0 Å². The van der Waals surface area contributed by atoms with Gasteiger partial charge in [0.05, 0.1) is 13.1 Å². The number of carbonyl (C=O) groups is 2. The minimum Gasteiger partial charge on any atom is -0.445 e. The normalized spacial score (nSPS) is 15.6. The second kappa shape index (κ2) is 3.18. The maximum Gasteiger partial charge on any atom is 0.410 e. The summed E-state index contributed by atoms with van der Waals surface area (Å²) in [6, 6.07) is 0. The standard InChI is InChI=1S/C7H9NO3/c1-2-3-11-7(10)8-4-6(9)5-8/h2H,1,3-5H2. The van der Waals surface area contributed by atoms with Crippen LogP contribution in [-0.2, 0) is 9.53 Å². The third-order valence-corrected chi connectivity index (χ3v) is 1.32. The van der Waals surface area contributed by atoms with Gasteiger partial charge in [-0.15, -0.1) is 0 Å². The lowest BCUT2D eigenvalue weighted by Gasteiger charge is -2.27. The molecule has 1 rings (SSSR count). The van der Waals surface area contributed by atoms with Crippen molar-refractivity contribution < 1.29 is 14.3 Å². The first-order valence-corrected chi connectivity index (χ1v) is 3.28. The van der Waals surface area contributed by atoms with Gasteiger partial charge < -0.3 is 4.74 Å². The molecule has 4 nitrogen and oxygen atoms in total. The number of Topliss-reactive ketones (excluding diaryl/α,β-unsaturated/α-hetero) is 1. The predicted octanol–water partition coefficient (Wildman–Crippen LogP) is 0.194. The smallest absolute Gasteiger partial charge is 0.410 e.